The average molecular weight is 575 g/mol. The minimum Gasteiger partial charge on any atom is -0.491 e. The van der Waals surface area contributed by atoms with Crippen molar-refractivity contribution in [3.05, 3.63) is 101 Å². The van der Waals surface area contributed by atoms with Crippen molar-refractivity contribution >= 4 is 32.7 Å². The van der Waals surface area contributed by atoms with Gasteiger partial charge in [0.2, 0.25) is 0 Å². The molecule has 5 aromatic rings. The van der Waals surface area contributed by atoms with E-state index >= 15 is 0 Å². The van der Waals surface area contributed by atoms with Gasteiger partial charge < -0.3 is 34.5 Å². The second kappa shape index (κ2) is 12.8. The molecule has 8 nitrogen and oxygen atoms in total. The third kappa shape index (κ3) is 6.24. The molecule has 0 radical (unpaired) electrons. The first-order valence-electron chi connectivity index (χ1n) is 13.2. The number of benzene rings is 4. The van der Waals surface area contributed by atoms with Crippen molar-refractivity contribution in [1.82, 2.24) is 4.57 Å². The molecule has 0 aliphatic heterocycles. The SMILES string of the molecule is Cn1c2ccccc2c(=O)c2cc([S+](c3ccc(OCC(O)CO)cc3)c3ccc(OCC(O)CO)cc3)ccc21. The number of para-hydroxylation sites is 1. The van der Waals surface area contributed by atoms with E-state index in [2.05, 4.69) is 0 Å². The number of aliphatic hydroxyl groups is 4. The lowest BCUT2D eigenvalue weighted by Crippen LogP contribution is -2.21. The zero-order valence-corrected chi connectivity index (χ0v) is 23.3. The summed E-state index contributed by atoms with van der Waals surface area (Å²) in [5, 5.41) is 38.7. The quantitative estimate of drug-likeness (QED) is 0.141. The number of hydrogen-bond donors (Lipinski definition) is 4. The molecule has 0 aliphatic rings. The van der Waals surface area contributed by atoms with Crippen LogP contribution in [0.5, 0.6) is 11.5 Å². The summed E-state index contributed by atoms with van der Waals surface area (Å²) in [7, 11) is 1.36. The Kier molecular flexibility index (Phi) is 8.92. The minimum atomic E-state index is -0.959. The summed E-state index contributed by atoms with van der Waals surface area (Å²) in [5.41, 5.74) is 1.70. The van der Waals surface area contributed by atoms with Crippen LogP contribution in [0.3, 0.4) is 0 Å². The molecule has 2 unspecified atom stereocenters. The van der Waals surface area contributed by atoms with Gasteiger partial charge in [0.1, 0.15) is 36.9 Å². The zero-order chi connectivity index (χ0) is 28.9. The molecule has 0 aliphatic carbocycles. The van der Waals surface area contributed by atoms with Crippen LogP contribution in [-0.2, 0) is 17.9 Å². The van der Waals surface area contributed by atoms with Gasteiger partial charge in [-0.1, -0.05) is 12.1 Å². The van der Waals surface area contributed by atoms with Crippen LogP contribution in [0.15, 0.2) is 110 Å². The maximum atomic E-state index is 13.6. The molecule has 0 saturated heterocycles. The third-order valence-electron chi connectivity index (χ3n) is 6.74. The average Bonchev–Trinajstić information content (AvgIpc) is 3.02. The first kappa shape index (κ1) is 28.7. The number of aliphatic hydroxyl groups excluding tert-OH is 4. The predicted octanol–water partition coefficient (Wildman–Crippen LogP) is 3.25. The van der Waals surface area contributed by atoms with Gasteiger partial charge in [0.05, 0.1) is 40.5 Å². The highest BCUT2D eigenvalue weighted by Crippen LogP contribution is 2.34. The van der Waals surface area contributed by atoms with E-state index in [0.717, 1.165) is 25.7 Å². The fourth-order valence-electron chi connectivity index (χ4n) is 4.59. The van der Waals surface area contributed by atoms with Crippen LogP contribution in [0.1, 0.15) is 0 Å². The Balaban J connectivity index is 1.56. The van der Waals surface area contributed by atoms with Crippen molar-refractivity contribution in [1.29, 1.82) is 0 Å². The Morgan fingerprint density at radius 1 is 0.683 bits per heavy atom. The lowest BCUT2D eigenvalue weighted by atomic mass is 10.1. The molecule has 1 aromatic heterocycles. The third-order valence-corrected chi connectivity index (χ3v) is 8.96. The van der Waals surface area contributed by atoms with Crippen LogP contribution < -0.4 is 14.9 Å². The van der Waals surface area contributed by atoms with Gasteiger partial charge >= 0.3 is 0 Å². The molecule has 41 heavy (non-hydrogen) atoms. The van der Waals surface area contributed by atoms with Gasteiger partial charge in [-0.15, -0.1) is 0 Å². The molecule has 0 saturated carbocycles. The van der Waals surface area contributed by atoms with Crippen LogP contribution in [0.25, 0.3) is 21.8 Å². The monoisotopic (exact) mass is 574 g/mol. The number of aromatic nitrogens is 1. The topological polar surface area (TPSA) is 121 Å². The number of hydrogen-bond acceptors (Lipinski definition) is 7. The summed E-state index contributed by atoms with van der Waals surface area (Å²) in [6.45, 7) is -0.792. The van der Waals surface area contributed by atoms with Crippen LogP contribution >= 0.6 is 0 Å². The highest BCUT2D eigenvalue weighted by atomic mass is 32.2. The van der Waals surface area contributed by atoms with Crippen molar-refractivity contribution in [3.8, 4) is 11.5 Å². The summed E-state index contributed by atoms with van der Waals surface area (Å²) < 4.78 is 13.2. The maximum absolute atomic E-state index is 13.6. The van der Waals surface area contributed by atoms with Crippen molar-refractivity contribution < 1.29 is 29.9 Å². The highest BCUT2D eigenvalue weighted by molar-refractivity contribution is 7.97. The van der Waals surface area contributed by atoms with Crippen molar-refractivity contribution in [2.75, 3.05) is 26.4 Å². The number of rotatable bonds is 11. The van der Waals surface area contributed by atoms with E-state index in [1.54, 1.807) is 0 Å². The van der Waals surface area contributed by atoms with E-state index in [4.69, 9.17) is 19.7 Å². The maximum Gasteiger partial charge on any atom is 0.197 e. The van der Waals surface area contributed by atoms with Gasteiger partial charge in [-0.05, 0) is 72.8 Å². The van der Waals surface area contributed by atoms with E-state index < -0.39 is 23.1 Å². The van der Waals surface area contributed by atoms with Gasteiger partial charge in [-0.2, -0.15) is 0 Å². The normalized spacial score (nSPS) is 13.7. The fourth-order valence-corrected chi connectivity index (χ4v) is 6.66. The smallest absolute Gasteiger partial charge is 0.197 e. The fraction of sp³-hybridized carbons (Fsp3) is 0.219. The molecule has 2 atom stereocenters. The molecule has 1 heterocycles. The Morgan fingerprint density at radius 2 is 1.17 bits per heavy atom. The molecule has 0 amide bonds. The lowest BCUT2D eigenvalue weighted by Gasteiger charge is -2.14. The van der Waals surface area contributed by atoms with E-state index in [1.165, 1.54) is 0 Å². The number of pyridine rings is 1. The predicted molar refractivity (Wildman–Crippen MR) is 159 cm³/mol. The molecule has 4 N–H and O–H groups in total. The minimum absolute atomic E-state index is 0.0172. The summed E-state index contributed by atoms with van der Waals surface area (Å²) in [6.07, 6.45) is -1.92. The second-order valence-corrected chi connectivity index (χ2v) is 11.7. The Labute approximate surface area is 240 Å². The summed E-state index contributed by atoms with van der Waals surface area (Å²) in [5.74, 6) is 1.13. The van der Waals surface area contributed by atoms with Gasteiger partial charge in [0.25, 0.3) is 0 Å². The molecule has 9 heteroatoms. The second-order valence-electron chi connectivity index (χ2n) is 9.63. The summed E-state index contributed by atoms with van der Waals surface area (Å²) >= 11 is 0. The van der Waals surface area contributed by atoms with Crippen molar-refractivity contribution in [3.63, 3.8) is 0 Å². The summed E-state index contributed by atoms with van der Waals surface area (Å²) in [6, 6.07) is 28.7. The molecule has 212 valence electrons. The first-order chi connectivity index (χ1) is 19.9. The van der Waals surface area contributed by atoms with Gasteiger partial charge in [0, 0.05) is 18.5 Å². The Bertz CT molecular complexity index is 1630. The van der Waals surface area contributed by atoms with Gasteiger partial charge in [-0.3, -0.25) is 4.79 Å². The highest BCUT2D eigenvalue weighted by Gasteiger charge is 2.30. The van der Waals surface area contributed by atoms with E-state index in [0.29, 0.717) is 22.3 Å². The molecule has 0 fully saturated rings. The molecular weight excluding hydrogens is 542 g/mol. The molecule has 4 aromatic carbocycles. The van der Waals surface area contributed by atoms with E-state index in [9.17, 15) is 15.0 Å². The number of fused-ring (bicyclic) bond motifs is 2. The summed E-state index contributed by atoms with van der Waals surface area (Å²) in [4.78, 5) is 16.5. The van der Waals surface area contributed by atoms with Crippen LogP contribution in [-0.4, -0.2) is 63.6 Å². The molecule has 5 rings (SSSR count). The van der Waals surface area contributed by atoms with Crippen LogP contribution in [0.2, 0.25) is 0 Å². The van der Waals surface area contributed by atoms with Crippen molar-refractivity contribution in [2.24, 2.45) is 7.05 Å². The van der Waals surface area contributed by atoms with Gasteiger partial charge in [0.15, 0.2) is 20.1 Å². The Hall–Kier alpha value is -3.86. The molecule has 0 bridgehead atoms. The van der Waals surface area contributed by atoms with E-state index in [-0.39, 0.29) is 31.9 Å². The Morgan fingerprint density at radius 3 is 1.71 bits per heavy atom. The number of aryl methyl sites for hydroxylation is 1. The number of ether oxygens (including phenoxy) is 2. The first-order valence-corrected chi connectivity index (χ1v) is 14.4. The van der Waals surface area contributed by atoms with Crippen LogP contribution in [0.4, 0.5) is 0 Å². The molecular formula is C32H32NO7S+. The van der Waals surface area contributed by atoms with E-state index in [1.807, 2.05) is 103 Å². The molecule has 0 spiro atoms. The standard InChI is InChI=1S/C32H32NO7S/c1-33-30-5-3-2-4-28(30)32(38)29-16-27(14-15-31(29)33)41(25-10-6-23(7-11-25)39-19-21(36)17-34)26-12-8-24(9-13-26)40-20-22(37)18-35/h2-16,21-22,34-37H,17-20H2,1H3/q+1. The number of nitrogens with zero attached hydrogens (tertiary/aromatic N) is 1. The lowest BCUT2D eigenvalue weighted by molar-refractivity contribution is 0.0536. The van der Waals surface area contributed by atoms with Crippen molar-refractivity contribution in [2.45, 2.75) is 26.9 Å². The zero-order valence-electron chi connectivity index (χ0n) is 22.5. The van der Waals surface area contributed by atoms with Gasteiger partial charge in [-0.25, -0.2) is 0 Å². The largest absolute Gasteiger partial charge is 0.491 e. The van der Waals surface area contributed by atoms with Crippen LogP contribution in [0, 0.1) is 0 Å².